The Morgan fingerprint density at radius 1 is 1.25 bits per heavy atom. The molecule has 0 spiro atoms. The first kappa shape index (κ1) is 14.5. The van der Waals surface area contributed by atoms with Gasteiger partial charge in [0.1, 0.15) is 0 Å². The molecule has 2 saturated carbocycles. The van der Waals surface area contributed by atoms with Gasteiger partial charge in [0.25, 0.3) is 0 Å². The first-order chi connectivity index (χ1) is 9.49. The van der Waals surface area contributed by atoms with Crippen molar-refractivity contribution in [1.82, 2.24) is 0 Å². The summed E-state index contributed by atoms with van der Waals surface area (Å²) in [6.07, 6.45) is 6.20. The number of hydrogen-bond acceptors (Lipinski definition) is 3. The third-order valence-corrected chi connectivity index (χ3v) is 8.00. The summed E-state index contributed by atoms with van der Waals surface area (Å²) in [5.74, 6) is 0. The van der Waals surface area contributed by atoms with Gasteiger partial charge in [-0.25, -0.2) is 8.42 Å². The zero-order valence-electron chi connectivity index (χ0n) is 11.4. The Morgan fingerprint density at radius 3 is 2.40 bits per heavy atom. The van der Waals surface area contributed by atoms with Gasteiger partial charge in [-0.1, -0.05) is 18.9 Å². The Morgan fingerprint density at radius 2 is 1.90 bits per heavy atom. The van der Waals surface area contributed by atoms with E-state index in [4.69, 9.17) is 5.73 Å². The van der Waals surface area contributed by atoms with Gasteiger partial charge in [0.15, 0.2) is 9.84 Å². The Balaban J connectivity index is 1.99. The van der Waals surface area contributed by atoms with Crippen LogP contribution in [0.1, 0.15) is 44.1 Å². The smallest absolute Gasteiger partial charge is 0.182 e. The van der Waals surface area contributed by atoms with Gasteiger partial charge in [-0.15, -0.1) is 0 Å². The summed E-state index contributed by atoms with van der Waals surface area (Å²) in [6.45, 7) is 0.633. The van der Waals surface area contributed by atoms with Crippen molar-refractivity contribution in [2.75, 3.05) is 6.54 Å². The molecule has 0 aliphatic heterocycles. The molecule has 2 aliphatic rings. The minimum absolute atomic E-state index is 0.0460. The fourth-order valence-corrected chi connectivity index (χ4v) is 6.04. The normalized spacial score (nSPS) is 22.1. The van der Waals surface area contributed by atoms with Crippen LogP contribution in [0.2, 0.25) is 0 Å². The second-order valence-corrected chi connectivity index (χ2v) is 9.13. The maximum atomic E-state index is 12.3. The zero-order chi connectivity index (χ0) is 14.4. The van der Waals surface area contributed by atoms with Crippen molar-refractivity contribution in [3.63, 3.8) is 0 Å². The molecule has 3 nitrogen and oxygen atoms in total. The molecule has 0 radical (unpaired) electrons. The number of halogens is 1. The maximum Gasteiger partial charge on any atom is 0.182 e. The van der Waals surface area contributed by atoms with E-state index in [0.717, 1.165) is 25.7 Å². The van der Waals surface area contributed by atoms with Crippen molar-refractivity contribution in [2.24, 2.45) is 5.73 Å². The highest BCUT2D eigenvalue weighted by Gasteiger charge is 2.39. The lowest BCUT2D eigenvalue weighted by atomic mass is 9.79. The highest BCUT2D eigenvalue weighted by molar-refractivity contribution is 9.10. The predicted octanol–water partition coefficient (Wildman–Crippen LogP) is 3.16. The van der Waals surface area contributed by atoms with Crippen molar-refractivity contribution in [3.05, 3.63) is 28.2 Å². The average molecular weight is 358 g/mol. The van der Waals surface area contributed by atoms with Crippen molar-refractivity contribution in [3.8, 4) is 0 Å². The number of nitrogens with two attached hydrogens (primary N) is 1. The fourth-order valence-electron chi connectivity index (χ4n) is 3.28. The van der Waals surface area contributed by atoms with Crippen LogP contribution in [0, 0.1) is 0 Å². The molecule has 5 heteroatoms. The summed E-state index contributed by atoms with van der Waals surface area (Å²) in [5.41, 5.74) is 7.23. The molecule has 0 heterocycles. The van der Waals surface area contributed by atoms with Crippen molar-refractivity contribution < 1.29 is 8.42 Å². The van der Waals surface area contributed by atoms with Gasteiger partial charge >= 0.3 is 0 Å². The van der Waals surface area contributed by atoms with Crippen molar-refractivity contribution in [1.29, 1.82) is 0 Å². The topological polar surface area (TPSA) is 60.2 Å². The molecular weight excluding hydrogens is 338 g/mol. The van der Waals surface area contributed by atoms with E-state index >= 15 is 0 Å². The summed E-state index contributed by atoms with van der Waals surface area (Å²) in [6, 6.07) is 5.72. The van der Waals surface area contributed by atoms with Gasteiger partial charge in [0.2, 0.25) is 0 Å². The Hall–Kier alpha value is -0.390. The average Bonchev–Trinajstić information content (AvgIpc) is 3.18. The summed E-state index contributed by atoms with van der Waals surface area (Å²) in [5, 5.41) is -0.167. The van der Waals surface area contributed by atoms with Gasteiger partial charge < -0.3 is 5.73 Å². The Labute approximate surface area is 129 Å². The van der Waals surface area contributed by atoms with Crippen LogP contribution in [0.15, 0.2) is 27.6 Å². The molecule has 0 amide bonds. The molecule has 0 saturated heterocycles. The van der Waals surface area contributed by atoms with Crippen LogP contribution in [0.25, 0.3) is 0 Å². The zero-order valence-corrected chi connectivity index (χ0v) is 13.8. The molecule has 1 aromatic carbocycles. The first-order valence-electron chi connectivity index (χ1n) is 7.24. The molecule has 2 aliphatic carbocycles. The molecular formula is C15H20BrNO2S. The van der Waals surface area contributed by atoms with Crippen LogP contribution < -0.4 is 5.73 Å². The molecule has 0 atom stereocenters. The van der Waals surface area contributed by atoms with Gasteiger partial charge in [-0.2, -0.15) is 0 Å². The molecule has 1 aromatic rings. The van der Waals surface area contributed by atoms with E-state index in [0.29, 0.717) is 15.9 Å². The van der Waals surface area contributed by atoms with E-state index in [-0.39, 0.29) is 10.7 Å². The van der Waals surface area contributed by atoms with Crippen LogP contribution in [0.5, 0.6) is 0 Å². The number of sulfone groups is 1. The molecule has 0 aromatic heterocycles. The summed E-state index contributed by atoms with van der Waals surface area (Å²) < 4.78 is 25.4. The Kier molecular flexibility index (Phi) is 3.72. The Bertz CT molecular complexity index is 617. The summed E-state index contributed by atoms with van der Waals surface area (Å²) in [4.78, 5) is 0.439. The van der Waals surface area contributed by atoms with Crippen LogP contribution in [0.3, 0.4) is 0 Å². The van der Waals surface area contributed by atoms with E-state index in [1.165, 1.54) is 18.4 Å². The van der Waals surface area contributed by atoms with Gasteiger partial charge in [0.05, 0.1) is 10.1 Å². The SMILES string of the molecule is NCC1(c2ccc(S(=O)(=O)C3CC3)c(Br)c2)CCCC1. The fraction of sp³-hybridized carbons (Fsp3) is 0.600. The van der Waals surface area contributed by atoms with E-state index in [9.17, 15) is 8.42 Å². The standard InChI is InChI=1S/C15H20BrNO2S/c16-13-9-11(15(10-17)7-1-2-8-15)3-6-14(13)20(18,19)12-4-5-12/h3,6,9,12H,1-2,4-5,7-8,10,17H2. The van der Waals surface area contributed by atoms with E-state index in [1.807, 2.05) is 12.1 Å². The molecule has 0 bridgehead atoms. The minimum atomic E-state index is -3.14. The number of rotatable bonds is 4. The van der Waals surface area contributed by atoms with Crippen LogP contribution in [-0.4, -0.2) is 20.2 Å². The van der Waals surface area contributed by atoms with E-state index in [2.05, 4.69) is 15.9 Å². The summed E-state index contributed by atoms with van der Waals surface area (Å²) >= 11 is 3.46. The molecule has 3 rings (SSSR count). The third kappa shape index (κ3) is 2.34. The van der Waals surface area contributed by atoms with E-state index < -0.39 is 9.84 Å². The van der Waals surface area contributed by atoms with Crippen molar-refractivity contribution >= 4 is 25.8 Å². The highest BCUT2D eigenvalue weighted by atomic mass is 79.9. The van der Waals surface area contributed by atoms with Crippen LogP contribution in [-0.2, 0) is 15.3 Å². The predicted molar refractivity (Wildman–Crippen MR) is 83.6 cm³/mol. The molecule has 2 fully saturated rings. The van der Waals surface area contributed by atoms with Gasteiger partial charge in [0, 0.05) is 16.4 Å². The number of hydrogen-bond donors (Lipinski definition) is 1. The quantitative estimate of drug-likeness (QED) is 0.900. The van der Waals surface area contributed by atoms with Crippen molar-refractivity contribution in [2.45, 2.75) is 54.1 Å². The summed E-state index contributed by atoms with van der Waals surface area (Å²) in [7, 11) is -3.14. The first-order valence-corrected chi connectivity index (χ1v) is 9.57. The van der Waals surface area contributed by atoms with Gasteiger partial charge in [-0.05, 0) is 59.3 Å². The molecule has 20 heavy (non-hydrogen) atoms. The second kappa shape index (κ2) is 5.11. The van der Waals surface area contributed by atoms with Gasteiger partial charge in [-0.3, -0.25) is 0 Å². The molecule has 0 unspecified atom stereocenters. The third-order valence-electron chi connectivity index (χ3n) is 4.77. The lowest BCUT2D eigenvalue weighted by Crippen LogP contribution is -2.32. The highest BCUT2D eigenvalue weighted by Crippen LogP contribution is 2.43. The van der Waals surface area contributed by atoms with Crippen LogP contribution in [0.4, 0.5) is 0 Å². The molecule has 2 N–H and O–H groups in total. The monoisotopic (exact) mass is 357 g/mol. The number of benzene rings is 1. The second-order valence-electron chi connectivity index (χ2n) is 6.08. The lowest BCUT2D eigenvalue weighted by molar-refractivity contribution is 0.452. The largest absolute Gasteiger partial charge is 0.330 e. The lowest BCUT2D eigenvalue weighted by Gasteiger charge is -2.28. The van der Waals surface area contributed by atoms with Crippen LogP contribution >= 0.6 is 15.9 Å². The minimum Gasteiger partial charge on any atom is -0.330 e. The maximum absolute atomic E-state index is 12.3. The van der Waals surface area contributed by atoms with E-state index in [1.54, 1.807) is 6.07 Å². The molecule has 110 valence electrons.